The van der Waals surface area contributed by atoms with Gasteiger partial charge in [-0.1, -0.05) is 44.2 Å². The molecule has 0 spiro atoms. The number of benzene rings is 1. The van der Waals surface area contributed by atoms with Crippen molar-refractivity contribution in [2.75, 3.05) is 5.73 Å². The van der Waals surface area contributed by atoms with E-state index in [0.717, 1.165) is 11.3 Å². The van der Waals surface area contributed by atoms with Gasteiger partial charge in [0.05, 0.1) is 5.69 Å². The molecule has 0 aliphatic heterocycles. The number of nitrogens with two attached hydrogens (primary N) is 1. The highest BCUT2D eigenvalue weighted by molar-refractivity contribution is 5.54. The molecule has 96 valence electrons. The molecule has 1 aromatic carbocycles. The number of nitrogen functional groups attached to an aromatic ring is 1. The molecular formula is C14H19N3O. The third-order valence-electron chi connectivity index (χ3n) is 2.82. The Morgan fingerprint density at radius 2 is 1.94 bits per heavy atom. The van der Waals surface area contributed by atoms with Gasteiger partial charge in [-0.15, -0.1) is 0 Å². The second-order valence-electron chi connectivity index (χ2n) is 4.66. The standard InChI is InChI=1S/C14H19N3O/c1-10(2)13-12(15)14(17(3)16-13)18-9-11-7-5-4-6-8-11/h4-8,10H,9,15H2,1-3H3. The van der Waals surface area contributed by atoms with Crippen LogP contribution in [0.5, 0.6) is 5.88 Å². The molecule has 0 aliphatic rings. The van der Waals surface area contributed by atoms with Crippen molar-refractivity contribution < 1.29 is 4.74 Å². The van der Waals surface area contributed by atoms with Crippen LogP contribution in [-0.2, 0) is 13.7 Å². The van der Waals surface area contributed by atoms with Gasteiger partial charge in [-0.25, -0.2) is 4.68 Å². The summed E-state index contributed by atoms with van der Waals surface area (Å²) in [6.45, 7) is 4.64. The highest BCUT2D eigenvalue weighted by atomic mass is 16.5. The van der Waals surface area contributed by atoms with Crippen molar-refractivity contribution in [2.24, 2.45) is 7.05 Å². The molecule has 0 fully saturated rings. The predicted molar refractivity (Wildman–Crippen MR) is 72.5 cm³/mol. The number of hydrogen-bond acceptors (Lipinski definition) is 3. The van der Waals surface area contributed by atoms with Gasteiger partial charge in [-0.3, -0.25) is 0 Å². The van der Waals surface area contributed by atoms with Crippen LogP contribution in [0.4, 0.5) is 5.69 Å². The topological polar surface area (TPSA) is 53.1 Å². The van der Waals surface area contributed by atoms with Crippen molar-refractivity contribution in [3.05, 3.63) is 41.6 Å². The molecule has 0 radical (unpaired) electrons. The van der Waals surface area contributed by atoms with Gasteiger partial charge >= 0.3 is 0 Å². The first-order chi connectivity index (χ1) is 8.59. The molecule has 0 amide bonds. The third kappa shape index (κ3) is 2.47. The summed E-state index contributed by atoms with van der Waals surface area (Å²) >= 11 is 0. The molecule has 0 saturated heterocycles. The molecular weight excluding hydrogens is 226 g/mol. The van der Waals surface area contributed by atoms with Crippen LogP contribution < -0.4 is 10.5 Å². The van der Waals surface area contributed by atoms with Crippen molar-refractivity contribution in [3.8, 4) is 5.88 Å². The van der Waals surface area contributed by atoms with Crippen LogP contribution in [0.25, 0.3) is 0 Å². The van der Waals surface area contributed by atoms with E-state index < -0.39 is 0 Å². The summed E-state index contributed by atoms with van der Waals surface area (Å²) < 4.78 is 7.46. The van der Waals surface area contributed by atoms with Crippen molar-refractivity contribution in [1.82, 2.24) is 9.78 Å². The number of anilines is 1. The monoisotopic (exact) mass is 245 g/mol. The Hall–Kier alpha value is -1.97. The first kappa shape index (κ1) is 12.5. The lowest BCUT2D eigenvalue weighted by molar-refractivity contribution is 0.280. The Labute approximate surface area is 107 Å². The number of aryl methyl sites for hydroxylation is 1. The van der Waals surface area contributed by atoms with Crippen LogP contribution in [0.1, 0.15) is 31.0 Å². The number of hydrogen-bond donors (Lipinski definition) is 1. The molecule has 0 aliphatic carbocycles. The summed E-state index contributed by atoms with van der Waals surface area (Å²) in [5, 5.41) is 4.39. The summed E-state index contributed by atoms with van der Waals surface area (Å²) in [5.74, 6) is 0.938. The maximum atomic E-state index is 6.06. The summed E-state index contributed by atoms with van der Waals surface area (Å²) in [4.78, 5) is 0. The third-order valence-corrected chi connectivity index (χ3v) is 2.82. The van der Waals surface area contributed by atoms with Crippen LogP contribution >= 0.6 is 0 Å². The Balaban J connectivity index is 2.15. The van der Waals surface area contributed by atoms with Gasteiger partial charge in [-0.2, -0.15) is 5.10 Å². The van der Waals surface area contributed by atoms with Crippen LogP contribution in [-0.4, -0.2) is 9.78 Å². The van der Waals surface area contributed by atoms with Crippen molar-refractivity contribution in [2.45, 2.75) is 26.4 Å². The van der Waals surface area contributed by atoms with E-state index in [4.69, 9.17) is 10.5 Å². The van der Waals surface area contributed by atoms with E-state index in [1.807, 2.05) is 37.4 Å². The fraction of sp³-hybridized carbons (Fsp3) is 0.357. The number of ether oxygens (including phenoxy) is 1. The minimum absolute atomic E-state index is 0.297. The van der Waals surface area contributed by atoms with E-state index in [2.05, 4.69) is 18.9 Å². The fourth-order valence-corrected chi connectivity index (χ4v) is 1.87. The smallest absolute Gasteiger partial charge is 0.236 e. The quantitative estimate of drug-likeness (QED) is 0.901. The molecule has 4 heteroatoms. The Kier molecular flexibility index (Phi) is 3.55. The largest absolute Gasteiger partial charge is 0.471 e. The molecule has 2 aromatic rings. The predicted octanol–water partition coefficient (Wildman–Crippen LogP) is 2.70. The molecule has 2 rings (SSSR count). The Morgan fingerprint density at radius 1 is 1.28 bits per heavy atom. The molecule has 1 heterocycles. The van der Waals surface area contributed by atoms with Crippen LogP contribution in [0, 0.1) is 0 Å². The van der Waals surface area contributed by atoms with Crippen molar-refractivity contribution in [1.29, 1.82) is 0 Å². The second-order valence-corrected chi connectivity index (χ2v) is 4.66. The first-order valence-electron chi connectivity index (χ1n) is 6.08. The molecule has 1 aromatic heterocycles. The molecule has 4 nitrogen and oxygen atoms in total. The van der Waals surface area contributed by atoms with Gasteiger partial charge < -0.3 is 10.5 Å². The SMILES string of the molecule is CC(C)c1nn(C)c(OCc2ccccc2)c1N. The van der Waals surface area contributed by atoms with E-state index in [1.165, 1.54) is 0 Å². The van der Waals surface area contributed by atoms with E-state index in [-0.39, 0.29) is 0 Å². The van der Waals surface area contributed by atoms with Crippen LogP contribution in [0.3, 0.4) is 0 Å². The highest BCUT2D eigenvalue weighted by Crippen LogP contribution is 2.30. The van der Waals surface area contributed by atoms with E-state index in [9.17, 15) is 0 Å². The van der Waals surface area contributed by atoms with E-state index in [0.29, 0.717) is 24.1 Å². The van der Waals surface area contributed by atoms with Gasteiger partial charge in [-0.05, 0) is 11.5 Å². The molecule has 18 heavy (non-hydrogen) atoms. The number of nitrogens with zero attached hydrogens (tertiary/aromatic N) is 2. The maximum absolute atomic E-state index is 6.06. The van der Waals surface area contributed by atoms with Gasteiger partial charge in [0.2, 0.25) is 5.88 Å². The molecule has 2 N–H and O–H groups in total. The normalized spacial score (nSPS) is 10.9. The lowest BCUT2D eigenvalue weighted by Gasteiger charge is -2.07. The van der Waals surface area contributed by atoms with E-state index >= 15 is 0 Å². The van der Waals surface area contributed by atoms with Gasteiger partial charge in [0.25, 0.3) is 0 Å². The molecule has 0 saturated carbocycles. The van der Waals surface area contributed by atoms with E-state index in [1.54, 1.807) is 4.68 Å². The minimum atomic E-state index is 0.297. The molecule has 0 atom stereocenters. The summed E-state index contributed by atoms with van der Waals surface area (Å²) in [6, 6.07) is 10.0. The second kappa shape index (κ2) is 5.12. The van der Waals surface area contributed by atoms with Crippen molar-refractivity contribution >= 4 is 5.69 Å². The van der Waals surface area contributed by atoms with Gasteiger partial charge in [0, 0.05) is 7.05 Å². The zero-order chi connectivity index (χ0) is 13.1. The van der Waals surface area contributed by atoms with Gasteiger partial charge in [0.1, 0.15) is 12.3 Å². The molecule has 0 unspecified atom stereocenters. The van der Waals surface area contributed by atoms with Gasteiger partial charge in [0.15, 0.2) is 0 Å². The summed E-state index contributed by atoms with van der Waals surface area (Å²) in [6.07, 6.45) is 0. The Morgan fingerprint density at radius 3 is 2.50 bits per heavy atom. The first-order valence-corrected chi connectivity index (χ1v) is 6.08. The maximum Gasteiger partial charge on any atom is 0.236 e. The zero-order valence-corrected chi connectivity index (χ0v) is 11.1. The van der Waals surface area contributed by atoms with Crippen molar-refractivity contribution in [3.63, 3.8) is 0 Å². The average molecular weight is 245 g/mol. The molecule has 0 bridgehead atoms. The summed E-state index contributed by atoms with van der Waals surface area (Å²) in [5.41, 5.74) is 8.71. The minimum Gasteiger partial charge on any atom is -0.471 e. The fourth-order valence-electron chi connectivity index (χ4n) is 1.87. The lowest BCUT2D eigenvalue weighted by Crippen LogP contribution is -2.02. The average Bonchev–Trinajstić information content (AvgIpc) is 2.64. The zero-order valence-electron chi connectivity index (χ0n) is 11.1. The number of aromatic nitrogens is 2. The van der Waals surface area contributed by atoms with Crippen LogP contribution in [0.2, 0.25) is 0 Å². The number of rotatable bonds is 4. The summed E-state index contributed by atoms with van der Waals surface area (Å²) in [7, 11) is 1.85. The Bertz CT molecular complexity index is 517. The lowest BCUT2D eigenvalue weighted by atomic mass is 10.1. The van der Waals surface area contributed by atoms with Crippen LogP contribution in [0.15, 0.2) is 30.3 Å². The highest BCUT2D eigenvalue weighted by Gasteiger charge is 2.16.